The minimum atomic E-state index is -0.0891. The zero-order valence-corrected chi connectivity index (χ0v) is 14.2. The molecule has 0 radical (unpaired) electrons. The van der Waals surface area contributed by atoms with E-state index in [-0.39, 0.29) is 11.9 Å². The highest BCUT2D eigenvalue weighted by Gasteiger charge is 2.33. The van der Waals surface area contributed by atoms with Crippen molar-refractivity contribution < 1.29 is 18.8 Å². The van der Waals surface area contributed by atoms with Crippen LogP contribution in [-0.4, -0.2) is 40.7 Å². The second-order valence-electron chi connectivity index (χ2n) is 6.30. The molecular formula is C18H21N3O4. The standard InChI is InChI=1S/C18H21N3O4/c1-2-16-19-18(20-25-16)13-4-3-7-21(13)17(22)11-12-5-6-14-15(10-12)24-9-8-23-14/h5-6,10,13H,2-4,7-9,11H2,1H3/t13-/m0/s1. The molecule has 1 fully saturated rings. The zero-order valence-electron chi connectivity index (χ0n) is 14.2. The molecule has 0 saturated carbocycles. The first-order valence-electron chi connectivity index (χ1n) is 8.75. The largest absolute Gasteiger partial charge is 0.486 e. The van der Waals surface area contributed by atoms with E-state index >= 15 is 0 Å². The van der Waals surface area contributed by atoms with Crippen molar-refractivity contribution in [1.29, 1.82) is 0 Å². The summed E-state index contributed by atoms with van der Waals surface area (Å²) in [5.41, 5.74) is 0.919. The number of aryl methyl sites for hydroxylation is 1. The molecule has 7 nitrogen and oxygen atoms in total. The predicted octanol–water partition coefficient (Wildman–Crippen LogP) is 2.31. The molecule has 4 rings (SSSR count). The minimum Gasteiger partial charge on any atom is -0.486 e. The van der Waals surface area contributed by atoms with Crippen LogP contribution in [0.4, 0.5) is 0 Å². The molecule has 2 aromatic rings. The lowest BCUT2D eigenvalue weighted by Gasteiger charge is -2.23. The number of benzene rings is 1. The predicted molar refractivity (Wildman–Crippen MR) is 88.5 cm³/mol. The lowest BCUT2D eigenvalue weighted by Crippen LogP contribution is -2.32. The van der Waals surface area contributed by atoms with E-state index in [2.05, 4.69) is 10.1 Å². The van der Waals surface area contributed by atoms with E-state index in [0.29, 0.717) is 43.5 Å². The summed E-state index contributed by atoms with van der Waals surface area (Å²) in [4.78, 5) is 19.1. The Bertz CT molecular complexity index is 773. The molecule has 0 N–H and O–H groups in total. The number of nitrogens with zero attached hydrogens (tertiary/aromatic N) is 3. The van der Waals surface area contributed by atoms with Crippen LogP contribution < -0.4 is 9.47 Å². The Morgan fingerprint density at radius 1 is 1.28 bits per heavy atom. The van der Waals surface area contributed by atoms with E-state index in [1.165, 1.54) is 0 Å². The average molecular weight is 343 g/mol. The van der Waals surface area contributed by atoms with Crippen LogP contribution in [0.15, 0.2) is 22.7 Å². The third-order valence-corrected chi connectivity index (χ3v) is 4.62. The lowest BCUT2D eigenvalue weighted by molar-refractivity contribution is -0.131. The van der Waals surface area contributed by atoms with Gasteiger partial charge in [0.1, 0.15) is 13.2 Å². The summed E-state index contributed by atoms with van der Waals surface area (Å²) in [6, 6.07) is 5.58. The molecule has 0 spiro atoms. The molecule has 7 heteroatoms. The summed E-state index contributed by atoms with van der Waals surface area (Å²) in [5.74, 6) is 2.74. The fourth-order valence-electron chi connectivity index (χ4n) is 3.35. The molecule has 0 unspecified atom stereocenters. The molecule has 1 saturated heterocycles. The van der Waals surface area contributed by atoms with Crippen LogP contribution >= 0.6 is 0 Å². The van der Waals surface area contributed by atoms with E-state index < -0.39 is 0 Å². The Kier molecular flexibility index (Phi) is 4.29. The van der Waals surface area contributed by atoms with Gasteiger partial charge in [0.25, 0.3) is 0 Å². The summed E-state index contributed by atoms with van der Waals surface area (Å²) >= 11 is 0. The van der Waals surface area contributed by atoms with Crippen LogP contribution in [0.5, 0.6) is 11.5 Å². The fourth-order valence-corrected chi connectivity index (χ4v) is 3.35. The fraction of sp³-hybridized carbons (Fsp3) is 0.500. The SMILES string of the molecule is CCc1nc([C@@H]2CCCN2C(=O)Cc2ccc3c(c2)OCCO3)no1. The van der Waals surface area contributed by atoms with E-state index in [1.807, 2.05) is 30.0 Å². The number of carbonyl (C=O) groups excluding carboxylic acids is 1. The number of hydrogen-bond donors (Lipinski definition) is 0. The number of carbonyl (C=O) groups is 1. The Morgan fingerprint density at radius 3 is 2.92 bits per heavy atom. The highest BCUT2D eigenvalue weighted by molar-refractivity contribution is 5.79. The quantitative estimate of drug-likeness (QED) is 0.848. The summed E-state index contributed by atoms with van der Waals surface area (Å²) in [6.07, 6.45) is 2.85. The third kappa shape index (κ3) is 3.18. The Balaban J connectivity index is 1.48. The van der Waals surface area contributed by atoms with Gasteiger partial charge in [-0.2, -0.15) is 4.98 Å². The molecule has 1 aromatic heterocycles. The Morgan fingerprint density at radius 2 is 2.12 bits per heavy atom. The minimum absolute atomic E-state index is 0.0713. The second-order valence-corrected chi connectivity index (χ2v) is 6.30. The van der Waals surface area contributed by atoms with Crippen LogP contribution in [0.1, 0.15) is 43.1 Å². The van der Waals surface area contributed by atoms with Crippen molar-refractivity contribution in [3.05, 3.63) is 35.5 Å². The molecule has 1 aromatic carbocycles. The van der Waals surface area contributed by atoms with Gasteiger partial charge in [-0.1, -0.05) is 18.1 Å². The van der Waals surface area contributed by atoms with Gasteiger partial charge in [-0.3, -0.25) is 4.79 Å². The van der Waals surface area contributed by atoms with Crippen molar-refractivity contribution in [1.82, 2.24) is 15.0 Å². The van der Waals surface area contributed by atoms with Crippen molar-refractivity contribution in [2.24, 2.45) is 0 Å². The molecule has 1 atom stereocenters. The molecule has 25 heavy (non-hydrogen) atoms. The molecule has 0 bridgehead atoms. The summed E-state index contributed by atoms with van der Waals surface area (Å²) in [7, 11) is 0. The highest BCUT2D eigenvalue weighted by atomic mass is 16.6. The Labute approximate surface area is 145 Å². The van der Waals surface area contributed by atoms with Crippen LogP contribution in [0.3, 0.4) is 0 Å². The van der Waals surface area contributed by atoms with Gasteiger partial charge < -0.3 is 18.9 Å². The molecule has 3 heterocycles. The summed E-state index contributed by atoms with van der Waals surface area (Å²) < 4.78 is 16.3. The topological polar surface area (TPSA) is 77.7 Å². The number of amides is 1. The summed E-state index contributed by atoms with van der Waals surface area (Å²) in [6.45, 7) is 3.79. The Hall–Kier alpha value is -2.57. The zero-order chi connectivity index (χ0) is 17.2. The van der Waals surface area contributed by atoms with Crippen molar-refractivity contribution in [3.63, 3.8) is 0 Å². The highest BCUT2D eigenvalue weighted by Crippen LogP contribution is 2.33. The first-order valence-corrected chi connectivity index (χ1v) is 8.75. The number of fused-ring (bicyclic) bond motifs is 1. The maximum Gasteiger partial charge on any atom is 0.227 e. The van der Waals surface area contributed by atoms with E-state index in [0.717, 1.165) is 30.7 Å². The van der Waals surface area contributed by atoms with E-state index in [9.17, 15) is 4.79 Å². The monoisotopic (exact) mass is 343 g/mol. The summed E-state index contributed by atoms with van der Waals surface area (Å²) in [5, 5.41) is 4.05. The van der Waals surface area contributed by atoms with E-state index in [1.54, 1.807) is 0 Å². The van der Waals surface area contributed by atoms with Crippen molar-refractivity contribution in [2.45, 2.75) is 38.6 Å². The van der Waals surface area contributed by atoms with Gasteiger partial charge in [-0.05, 0) is 30.5 Å². The molecule has 2 aliphatic heterocycles. The number of rotatable bonds is 4. The maximum absolute atomic E-state index is 12.8. The second kappa shape index (κ2) is 6.74. The van der Waals surface area contributed by atoms with Crippen LogP contribution in [0.2, 0.25) is 0 Å². The average Bonchev–Trinajstić information content (AvgIpc) is 3.30. The molecular weight excluding hydrogens is 322 g/mol. The van der Waals surface area contributed by atoms with Gasteiger partial charge in [-0.15, -0.1) is 0 Å². The van der Waals surface area contributed by atoms with Crippen molar-refractivity contribution in [3.8, 4) is 11.5 Å². The number of hydrogen-bond acceptors (Lipinski definition) is 6. The maximum atomic E-state index is 12.8. The lowest BCUT2D eigenvalue weighted by atomic mass is 10.1. The van der Waals surface area contributed by atoms with Gasteiger partial charge >= 0.3 is 0 Å². The van der Waals surface area contributed by atoms with Gasteiger partial charge in [0.05, 0.1) is 12.5 Å². The number of likely N-dealkylation sites (tertiary alicyclic amines) is 1. The molecule has 132 valence electrons. The normalized spacial score (nSPS) is 19.2. The van der Waals surface area contributed by atoms with Crippen molar-refractivity contribution in [2.75, 3.05) is 19.8 Å². The number of aromatic nitrogens is 2. The van der Waals surface area contributed by atoms with Crippen molar-refractivity contribution >= 4 is 5.91 Å². The van der Waals surface area contributed by atoms with Crippen LogP contribution in [0.25, 0.3) is 0 Å². The molecule has 0 aliphatic carbocycles. The molecule has 2 aliphatic rings. The smallest absolute Gasteiger partial charge is 0.227 e. The first kappa shape index (κ1) is 15.9. The van der Waals surface area contributed by atoms with Gasteiger partial charge in [0.2, 0.25) is 11.8 Å². The van der Waals surface area contributed by atoms with Gasteiger partial charge in [0.15, 0.2) is 17.3 Å². The first-order chi connectivity index (χ1) is 12.2. The number of ether oxygens (including phenoxy) is 2. The van der Waals surface area contributed by atoms with Crippen LogP contribution in [-0.2, 0) is 17.6 Å². The third-order valence-electron chi connectivity index (χ3n) is 4.62. The van der Waals surface area contributed by atoms with Crippen LogP contribution in [0, 0.1) is 0 Å². The van der Waals surface area contributed by atoms with Gasteiger partial charge in [0, 0.05) is 13.0 Å². The molecule has 1 amide bonds. The van der Waals surface area contributed by atoms with E-state index in [4.69, 9.17) is 14.0 Å². The van der Waals surface area contributed by atoms with Gasteiger partial charge in [-0.25, -0.2) is 0 Å².